The largest absolute Gasteiger partial charge is 0.332 e. The Balaban J connectivity index is 1.58. The molecular weight excluding hydrogens is 389 g/mol. The van der Waals surface area contributed by atoms with Crippen LogP contribution in [0, 0.1) is 0 Å². The fourth-order valence-corrected chi connectivity index (χ4v) is 3.80. The smallest absolute Gasteiger partial charge is 0.286 e. The van der Waals surface area contributed by atoms with Gasteiger partial charge in [-0.25, -0.2) is 0 Å². The van der Waals surface area contributed by atoms with Gasteiger partial charge >= 0.3 is 0 Å². The van der Waals surface area contributed by atoms with Crippen LogP contribution in [-0.2, 0) is 4.79 Å². The molecule has 2 heterocycles. The van der Waals surface area contributed by atoms with Crippen molar-refractivity contribution in [2.24, 2.45) is 4.99 Å². The van der Waals surface area contributed by atoms with Crippen molar-refractivity contribution >= 4 is 68.6 Å². The minimum absolute atomic E-state index is 0.323. The summed E-state index contributed by atoms with van der Waals surface area (Å²) in [6, 6.07) is 15.0. The molecule has 26 heavy (non-hydrogen) atoms. The van der Waals surface area contributed by atoms with Gasteiger partial charge in [0.15, 0.2) is 5.17 Å². The van der Waals surface area contributed by atoms with Gasteiger partial charge < -0.3 is 5.32 Å². The van der Waals surface area contributed by atoms with E-state index in [-0.39, 0.29) is 5.91 Å². The lowest BCUT2D eigenvalue weighted by molar-refractivity contribution is -0.113. The van der Waals surface area contributed by atoms with Gasteiger partial charge in [0.05, 0.1) is 26.3 Å². The third-order valence-corrected chi connectivity index (χ3v) is 5.28. The number of hydrogen-bond donors (Lipinski definition) is 1. The molecule has 1 aliphatic heterocycles. The van der Waals surface area contributed by atoms with E-state index in [1.807, 2.05) is 30.3 Å². The molecule has 0 fully saturated rings. The lowest BCUT2D eigenvalue weighted by atomic mass is 10.1. The monoisotopic (exact) mass is 399 g/mol. The minimum atomic E-state index is -0.323. The van der Waals surface area contributed by atoms with Crippen molar-refractivity contribution < 1.29 is 4.79 Å². The zero-order valence-corrected chi connectivity index (χ0v) is 15.6. The number of para-hydroxylation sites is 1. The van der Waals surface area contributed by atoms with E-state index < -0.39 is 0 Å². The molecule has 4 nitrogen and oxygen atoms in total. The summed E-state index contributed by atoms with van der Waals surface area (Å²) < 4.78 is 0. The molecule has 0 unspecified atom stereocenters. The average Bonchev–Trinajstić information content (AvgIpc) is 2.97. The van der Waals surface area contributed by atoms with E-state index in [4.69, 9.17) is 23.2 Å². The first-order valence-electron chi connectivity index (χ1n) is 7.68. The zero-order valence-electron chi connectivity index (χ0n) is 13.2. The molecule has 128 valence electrons. The maximum absolute atomic E-state index is 12.2. The summed E-state index contributed by atoms with van der Waals surface area (Å²) in [5.74, 6) is -0.323. The SMILES string of the molecule is O=C1N=C(Nc2c(Cl)cccc2Cl)SC1=Cc1cc2ccccc2cn1. The van der Waals surface area contributed by atoms with Crippen molar-refractivity contribution in [3.63, 3.8) is 0 Å². The van der Waals surface area contributed by atoms with Crippen LogP contribution in [0.15, 0.2) is 64.6 Å². The number of amidine groups is 1. The predicted molar refractivity (Wildman–Crippen MR) is 110 cm³/mol. The first-order chi connectivity index (χ1) is 12.6. The van der Waals surface area contributed by atoms with Crippen molar-refractivity contribution in [2.45, 2.75) is 0 Å². The Kier molecular flexibility index (Phi) is 4.68. The Morgan fingerprint density at radius 1 is 1.00 bits per heavy atom. The number of carbonyl (C=O) groups excluding carboxylic acids is 1. The van der Waals surface area contributed by atoms with E-state index in [1.165, 1.54) is 11.8 Å². The molecule has 1 aromatic heterocycles. The first kappa shape index (κ1) is 17.1. The molecule has 3 aromatic rings. The molecule has 1 N–H and O–H groups in total. The second-order valence-corrected chi connectivity index (χ2v) is 7.36. The molecule has 0 spiro atoms. The van der Waals surface area contributed by atoms with Crippen LogP contribution >= 0.6 is 35.0 Å². The first-order valence-corrected chi connectivity index (χ1v) is 9.26. The number of hydrogen-bond acceptors (Lipinski definition) is 4. The van der Waals surface area contributed by atoms with Crippen LogP contribution in [0.2, 0.25) is 10.0 Å². The van der Waals surface area contributed by atoms with Gasteiger partial charge in [-0.1, -0.05) is 53.5 Å². The van der Waals surface area contributed by atoms with Crippen LogP contribution in [0.5, 0.6) is 0 Å². The molecule has 0 atom stereocenters. The van der Waals surface area contributed by atoms with Gasteiger partial charge in [-0.15, -0.1) is 0 Å². The van der Waals surface area contributed by atoms with Crippen LogP contribution < -0.4 is 5.32 Å². The van der Waals surface area contributed by atoms with Gasteiger partial charge in [0.1, 0.15) is 0 Å². The van der Waals surface area contributed by atoms with E-state index >= 15 is 0 Å². The highest BCUT2D eigenvalue weighted by Gasteiger charge is 2.23. The second-order valence-electron chi connectivity index (χ2n) is 5.51. The predicted octanol–water partition coefficient (Wildman–Crippen LogP) is 5.62. The highest BCUT2D eigenvalue weighted by atomic mass is 35.5. The third kappa shape index (κ3) is 3.46. The number of aromatic nitrogens is 1. The maximum Gasteiger partial charge on any atom is 0.286 e. The zero-order chi connectivity index (χ0) is 18.1. The number of benzene rings is 2. The number of nitrogens with zero attached hydrogens (tertiary/aromatic N) is 2. The maximum atomic E-state index is 12.2. The molecule has 1 aliphatic rings. The Morgan fingerprint density at radius 2 is 1.73 bits per heavy atom. The highest BCUT2D eigenvalue weighted by Crippen LogP contribution is 2.34. The highest BCUT2D eigenvalue weighted by molar-refractivity contribution is 8.18. The quantitative estimate of drug-likeness (QED) is 0.567. The molecule has 0 saturated heterocycles. The van der Waals surface area contributed by atoms with Gasteiger partial charge in [-0.3, -0.25) is 9.78 Å². The van der Waals surface area contributed by atoms with Crippen molar-refractivity contribution in [1.82, 2.24) is 4.98 Å². The van der Waals surface area contributed by atoms with Gasteiger partial charge in [0, 0.05) is 11.6 Å². The summed E-state index contributed by atoms with van der Waals surface area (Å²) in [7, 11) is 0. The standard InChI is InChI=1S/C19H11Cl2N3OS/c20-14-6-3-7-15(21)17(14)23-19-24-18(25)16(26-19)9-13-8-11-4-1-2-5-12(11)10-22-13/h1-10H,(H,23,24,25). The summed E-state index contributed by atoms with van der Waals surface area (Å²) in [6.07, 6.45) is 3.52. The average molecular weight is 400 g/mol. The number of thioether (sulfide) groups is 1. The minimum Gasteiger partial charge on any atom is -0.332 e. The van der Waals surface area contributed by atoms with E-state index in [9.17, 15) is 4.79 Å². The van der Waals surface area contributed by atoms with E-state index in [0.717, 1.165) is 10.8 Å². The van der Waals surface area contributed by atoms with Gasteiger partial charge in [0.2, 0.25) is 0 Å². The second kappa shape index (κ2) is 7.11. The number of rotatable bonds is 2. The van der Waals surface area contributed by atoms with Crippen molar-refractivity contribution in [3.8, 4) is 0 Å². The van der Waals surface area contributed by atoms with E-state index in [1.54, 1.807) is 30.5 Å². The van der Waals surface area contributed by atoms with E-state index in [0.29, 0.717) is 31.5 Å². The van der Waals surface area contributed by atoms with Crippen LogP contribution in [0.3, 0.4) is 0 Å². The fraction of sp³-hybridized carbons (Fsp3) is 0. The number of nitrogens with one attached hydrogen (secondary N) is 1. The number of fused-ring (bicyclic) bond motifs is 1. The lowest BCUT2D eigenvalue weighted by Crippen LogP contribution is -2.05. The molecule has 7 heteroatoms. The molecule has 0 aliphatic carbocycles. The molecular formula is C19H11Cl2N3OS. The normalized spacial score (nSPS) is 15.5. The molecule has 0 saturated carbocycles. The van der Waals surface area contributed by atoms with Crippen molar-refractivity contribution in [2.75, 3.05) is 5.32 Å². The number of pyridine rings is 1. The van der Waals surface area contributed by atoms with Crippen LogP contribution in [0.4, 0.5) is 5.69 Å². The number of amides is 1. The molecule has 4 rings (SSSR count). The summed E-state index contributed by atoms with van der Waals surface area (Å²) >= 11 is 13.5. The number of aliphatic imine (C=N–C) groups is 1. The Labute approximate surface area is 163 Å². The van der Waals surface area contributed by atoms with Crippen LogP contribution in [-0.4, -0.2) is 16.1 Å². The summed E-state index contributed by atoms with van der Waals surface area (Å²) in [6.45, 7) is 0. The Morgan fingerprint density at radius 3 is 2.50 bits per heavy atom. The van der Waals surface area contributed by atoms with Crippen LogP contribution in [0.25, 0.3) is 16.8 Å². The van der Waals surface area contributed by atoms with Crippen molar-refractivity contribution in [3.05, 3.63) is 75.4 Å². The summed E-state index contributed by atoms with van der Waals surface area (Å²) in [5.41, 5.74) is 1.23. The topological polar surface area (TPSA) is 54.4 Å². The van der Waals surface area contributed by atoms with Gasteiger partial charge in [0.25, 0.3) is 5.91 Å². The fourth-order valence-electron chi connectivity index (χ4n) is 2.50. The van der Waals surface area contributed by atoms with E-state index in [2.05, 4.69) is 15.3 Å². The molecule has 0 bridgehead atoms. The molecule has 2 aromatic carbocycles. The van der Waals surface area contributed by atoms with Gasteiger partial charge in [-0.2, -0.15) is 4.99 Å². The lowest BCUT2D eigenvalue weighted by Gasteiger charge is -2.08. The number of carbonyl (C=O) groups is 1. The summed E-state index contributed by atoms with van der Waals surface area (Å²) in [5, 5.41) is 6.48. The summed E-state index contributed by atoms with van der Waals surface area (Å²) in [4.78, 5) is 21.1. The number of halogens is 2. The number of anilines is 1. The van der Waals surface area contributed by atoms with Crippen LogP contribution in [0.1, 0.15) is 5.69 Å². The molecule has 0 radical (unpaired) electrons. The Bertz CT molecular complexity index is 1070. The van der Waals surface area contributed by atoms with Gasteiger partial charge in [-0.05, 0) is 41.4 Å². The Hall–Kier alpha value is -2.34. The third-order valence-electron chi connectivity index (χ3n) is 3.75. The molecule has 1 amide bonds. The van der Waals surface area contributed by atoms with Crippen molar-refractivity contribution in [1.29, 1.82) is 0 Å².